The molecule has 4 N–H and O–H groups in total. The van der Waals surface area contributed by atoms with Crippen molar-refractivity contribution in [3.8, 4) is 0 Å². The Balaban J connectivity index is 1.74. The average Bonchev–Trinajstić information content (AvgIpc) is 3.25. The lowest BCUT2D eigenvalue weighted by atomic mass is 9.85. The number of benzene rings is 1. The maximum atomic E-state index is 14.0. The smallest absolute Gasteiger partial charge is 0.408 e. The van der Waals surface area contributed by atoms with E-state index in [1.165, 1.54) is 11.0 Å². The molecule has 2 aliphatic rings. The largest absolute Gasteiger partial charge is 0.444 e. The first-order valence-electron chi connectivity index (χ1n) is 15.2. The molecular formula is C33H47N5O7. The second kappa shape index (κ2) is 13.4. The molecule has 1 aromatic carbocycles. The summed E-state index contributed by atoms with van der Waals surface area (Å²) in [6.45, 7) is 18.1. The number of nitrogens with one attached hydrogen (secondary N) is 4. The third-order valence-electron chi connectivity index (χ3n) is 8.26. The number of para-hydroxylation sites is 1. The summed E-state index contributed by atoms with van der Waals surface area (Å²) in [5, 5.41) is 10.3. The first-order chi connectivity index (χ1) is 20.8. The van der Waals surface area contributed by atoms with Crippen LogP contribution in [0.5, 0.6) is 0 Å². The van der Waals surface area contributed by atoms with Crippen molar-refractivity contribution in [2.45, 2.75) is 85.5 Å². The second-order valence-electron chi connectivity index (χ2n) is 14.4. The summed E-state index contributed by atoms with van der Waals surface area (Å²) in [7, 11) is 0. The van der Waals surface area contributed by atoms with E-state index >= 15 is 0 Å². The van der Waals surface area contributed by atoms with Crippen molar-refractivity contribution in [1.29, 1.82) is 0 Å². The SMILES string of the molecule is C=CCC(NC(=O)[C@@H]1[C@@H]2[C@H](CN1C(=O)[C@@H](NC(=O)OC(C)(C)C)C(C)(C)C)C2(C)C)C(=O)C(=O)NCC(=O)Nc1ccccc1. The van der Waals surface area contributed by atoms with Crippen LogP contribution < -0.4 is 21.3 Å². The molecule has 1 saturated heterocycles. The fourth-order valence-corrected chi connectivity index (χ4v) is 5.84. The number of piperidine rings is 1. The Kier molecular flexibility index (Phi) is 10.5. The minimum atomic E-state index is -1.26. The molecule has 1 aliphatic heterocycles. The number of nitrogens with zero attached hydrogens (tertiary/aromatic N) is 1. The van der Waals surface area contributed by atoms with Gasteiger partial charge in [-0.2, -0.15) is 0 Å². The number of likely N-dealkylation sites (tertiary alicyclic amines) is 1. The maximum Gasteiger partial charge on any atom is 0.408 e. The van der Waals surface area contributed by atoms with E-state index < -0.39 is 71.2 Å². The van der Waals surface area contributed by atoms with E-state index in [0.29, 0.717) is 12.2 Å². The zero-order valence-electron chi connectivity index (χ0n) is 27.5. The van der Waals surface area contributed by atoms with Gasteiger partial charge in [0, 0.05) is 12.2 Å². The Morgan fingerprint density at radius 1 is 1.02 bits per heavy atom. The molecule has 1 aromatic rings. The van der Waals surface area contributed by atoms with E-state index in [0.717, 1.165) is 0 Å². The summed E-state index contributed by atoms with van der Waals surface area (Å²) < 4.78 is 5.40. The van der Waals surface area contributed by atoms with Gasteiger partial charge in [0.1, 0.15) is 23.7 Å². The Labute approximate surface area is 265 Å². The highest BCUT2D eigenvalue weighted by atomic mass is 16.6. The van der Waals surface area contributed by atoms with Gasteiger partial charge in [0.05, 0.1) is 6.54 Å². The molecule has 0 radical (unpaired) electrons. The molecular weight excluding hydrogens is 578 g/mol. The minimum absolute atomic E-state index is 0.0410. The van der Waals surface area contributed by atoms with Crippen LogP contribution in [0.2, 0.25) is 0 Å². The van der Waals surface area contributed by atoms with Crippen LogP contribution in [-0.2, 0) is 28.7 Å². The Morgan fingerprint density at radius 2 is 1.64 bits per heavy atom. The summed E-state index contributed by atoms with van der Waals surface area (Å²) in [4.78, 5) is 80.1. The van der Waals surface area contributed by atoms with Crippen LogP contribution in [0.25, 0.3) is 0 Å². The van der Waals surface area contributed by atoms with Gasteiger partial charge in [-0.25, -0.2) is 4.79 Å². The van der Waals surface area contributed by atoms with Crippen molar-refractivity contribution < 1.29 is 33.5 Å². The maximum absolute atomic E-state index is 14.0. The van der Waals surface area contributed by atoms with Crippen LogP contribution in [0, 0.1) is 22.7 Å². The normalized spacial score (nSPS) is 21.3. The molecule has 2 fully saturated rings. The summed E-state index contributed by atoms with van der Waals surface area (Å²) in [5.74, 6) is -3.67. The summed E-state index contributed by atoms with van der Waals surface area (Å²) in [6.07, 6.45) is 0.610. The number of hydrogen-bond acceptors (Lipinski definition) is 7. The van der Waals surface area contributed by atoms with Crippen LogP contribution in [-0.4, -0.2) is 77.2 Å². The summed E-state index contributed by atoms with van der Waals surface area (Å²) in [5.41, 5.74) is -1.19. The van der Waals surface area contributed by atoms with Gasteiger partial charge in [-0.1, -0.05) is 58.9 Å². The highest BCUT2D eigenvalue weighted by Gasteiger charge is 2.70. The van der Waals surface area contributed by atoms with Crippen LogP contribution >= 0.6 is 0 Å². The quantitative estimate of drug-likeness (QED) is 0.217. The van der Waals surface area contributed by atoms with Gasteiger partial charge < -0.3 is 30.9 Å². The lowest BCUT2D eigenvalue weighted by Crippen LogP contribution is -2.60. The molecule has 12 heteroatoms. The van der Waals surface area contributed by atoms with Crippen LogP contribution in [0.1, 0.15) is 61.8 Å². The van der Waals surface area contributed by atoms with E-state index in [9.17, 15) is 28.8 Å². The van der Waals surface area contributed by atoms with Crippen molar-refractivity contribution >= 4 is 41.2 Å². The van der Waals surface area contributed by atoms with E-state index in [-0.39, 0.29) is 23.7 Å². The number of alkyl carbamates (subject to hydrolysis) is 1. The average molecular weight is 626 g/mol. The van der Waals surface area contributed by atoms with E-state index in [4.69, 9.17) is 4.74 Å². The number of amides is 5. The molecule has 246 valence electrons. The highest BCUT2D eigenvalue weighted by molar-refractivity contribution is 6.38. The minimum Gasteiger partial charge on any atom is -0.444 e. The fraction of sp³-hybridized carbons (Fsp3) is 0.576. The van der Waals surface area contributed by atoms with Gasteiger partial charge in [-0.15, -0.1) is 6.58 Å². The van der Waals surface area contributed by atoms with Gasteiger partial charge in [0.15, 0.2) is 0 Å². The first kappa shape index (κ1) is 35.3. The molecule has 1 aliphatic carbocycles. The topological polar surface area (TPSA) is 163 Å². The summed E-state index contributed by atoms with van der Waals surface area (Å²) in [6, 6.07) is 5.45. The molecule has 45 heavy (non-hydrogen) atoms. The van der Waals surface area contributed by atoms with E-state index in [1.807, 2.05) is 13.8 Å². The summed E-state index contributed by atoms with van der Waals surface area (Å²) >= 11 is 0. The predicted molar refractivity (Wildman–Crippen MR) is 169 cm³/mol. The monoisotopic (exact) mass is 625 g/mol. The number of carbonyl (C=O) groups excluding carboxylic acids is 6. The third-order valence-corrected chi connectivity index (χ3v) is 8.26. The molecule has 1 unspecified atom stereocenters. The zero-order chi connectivity index (χ0) is 33.9. The van der Waals surface area contributed by atoms with Crippen molar-refractivity contribution in [3.05, 3.63) is 43.0 Å². The lowest BCUT2D eigenvalue weighted by Gasteiger charge is -2.38. The Bertz CT molecular complexity index is 1330. The number of fused-ring (bicyclic) bond motifs is 1. The predicted octanol–water partition coefficient (Wildman–Crippen LogP) is 2.79. The second-order valence-corrected chi connectivity index (χ2v) is 14.4. The van der Waals surface area contributed by atoms with E-state index in [1.54, 1.807) is 71.9 Å². The number of anilines is 1. The molecule has 12 nitrogen and oxygen atoms in total. The number of carbonyl (C=O) groups is 6. The molecule has 0 aromatic heterocycles. The number of ether oxygens (including phenoxy) is 1. The van der Waals surface area contributed by atoms with E-state index in [2.05, 4.69) is 27.8 Å². The van der Waals surface area contributed by atoms with Gasteiger partial charge in [0.2, 0.25) is 23.5 Å². The Hall–Kier alpha value is -4.22. The van der Waals surface area contributed by atoms with Crippen LogP contribution in [0.3, 0.4) is 0 Å². The first-order valence-corrected chi connectivity index (χ1v) is 15.2. The molecule has 5 amide bonds. The number of hydrogen-bond donors (Lipinski definition) is 4. The van der Waals surface area contributed by atoms with Gasteiger partial charge in [-0.3, -0.25) is 24.0 Å². The van der Waals surface area contributed by atoms with Crippen LogP contribution in [0.15, 0.2) is 43.0 Å². The fourth-order valence-electron chi connectivity index (χ4n) is 5.84. The van der Waals surface area contributed by atoms with Crippen LogP contribution in [0.4, 0.5) is 10.5 Å². The van der Waals surface area contributed by atoms with Crippen molar-refractivity contribution in [2.75, 3.05) is 18.4 Å². The molecule has 0 bridgehead atoms. The molecule has 3 rings (SSSR count). The number of Topliss-reactive ketones (excluding diaryl/α,β-unsaturated/α-hetero) is 1. The standard InChI is InChI=1S/C33H47N5O7/c1-10-14-21(25(40)28(42)34-17-22(39)35-19-15-12-11-13-16-19)36-27(41)24-23-20(33(23,8)9)18-38(24)29(43)26(31(2,3)4)37-30(44)45-32(5,6)7/h10-13,15-16,20-21,23-24,26H,1,14,17-18H2,2-9H3,(H,34,42)(H,35,39)(H,36,41)(H,37,44)/t20-,21?,23-,24-,26+/m0/s1. The Morgan fingerprint density at radius 3 is 2.20 bits per heavy atom. The molecule has 0 spiro atoms. The van der Waals surface area contributed by atoms with Gasteiger partial charge in [-0.05, 0) is 62.0 Å². The van der Waals surface area contributed by atoms with Crippen molar-refractivity contribution in [2.24, 2.45) is 22.7 Å². The van der Waals surface area contributed by atoms with Gasteiger partial charge >= 0.3 is 6.09 Å². The number of ketones is 1. The zero-order valence-corrected chi connectivity index (χ0v) is 27.5. The molecule has 5 atom stereocenters. The lowest BCUT2D eigenvalue weighted by molar-refractivity contribution is -0.145. The number of rotatable bonds is 11. The molecule has 1 heterocycles. The molecule has 1 saturated carbocycles. The van der Waals surface area contributed by atoms with Crippen molar-refractivity contribution in [1.82, 2.24) is 20.9 Å². The highest BCUT2D eigenvalue weighted by Crippen LogP contribution is 2.65. The van der Waals surface area contributed by atoms with Gasteiger partial charge in [0.25, 0.3) is 5.91 Å². The third kappa shape index (κ3) is 8.70. The van der Waals surface area contributed by atoms with Crippen molar-refractivity contribution in [3.63, 3.8) is 0 Å².